The van der Waals surface area contributed by atoms with E-state index >= 15 is 0 Å². The summed E-state index contributed by atoms with van der Waals surface area (Å²) in [4.78, 5) is 42.0. The Kier molecular flexibility index (Phi) is 5.53. The summed E-state index contributed by atoms with van der Waals surface area (Å²) < 4.78 is 2.50. The molecule has 1 aromatic carbocycles. The lowest BCUT2D eigenvalue weighted by atomic mass is 10.2. The molecule has 31 heavy (non-hydrogen) atoms. The number of aromatic nitrogens is 3. The quantitative estimate of drug-likeness (QED) is 0.613. The SMILES string of the molecule is CC(C)Cn1c(N)c(-c2csc(-c3cccc(NC(=O)C4CC4)c3)n2)c(=O)n(C)c1=O. The number of hydrogen-bond donors (Lipinski definition) is 2. The van der Waals surface area contributed by atoms with Gasteiger partial charge in [-0.15, -0.1) is 11.3 Å². The molecular formula is C22H25N5O3S. The molecule has 0 radical (unpaired) electrons. The zero-order valence-electron chi connectivity index (χ0n) is 17.7. The third-order valence-electron chi connectivity index (χ3n) is 5.22. The molecule has 2 heterocycles. The van der Waals surface area contributed by atoms with Crippen LogP contribution in [0.4, 0.5) is 11.5 Å². The van der Waals surface area contributed by atoms with Crippen LogP contribution in [0.5, 0.6) is 0 Å². The van der Waals surface area contributed by atoms with Crippen LogP contribution in [-0.2, 0) is 18.4 Å². The first-order valence-corrected chi connectivity index (χ1v) is 11.1. The van der Waals surface area contributed by atoms with Gasteiger partial charge in [0.25, 0.3) is 5.56 Å². The number of nitrogens with two attached hydrogens (primary N) is 1. The molecule has 0 saturated heterocycles. The smallest absolute Gasteiger partial charge is 0.332 e. The molecule has 8 nitrogen and oxygen atoms in total. The Morgan fingerprint density at radius 3 is 2.74 bits per heavy atom. The van der Waals surface area contributed by atoms with Crippen LogP contribution in [0.1, 0.15) is 26.7 Å². The number of nitrogens with zero attached hydrogens (tertiary/aromatic N) is 3. The highest BCUT2D eigenvalue weighted by Crippen LogP contribution is 2.33. The first-order chi connectivity index (χ1) is 14.8. The number of carbonyl (C=O) groups excluding carboxylic acids is 1. The van der Waals surface area contributed by atoms with Gasteiger partial charge < -0.3 is 11.1 Å². The topological polar surface area (TPSA) is 112 Å². The normalized spacial score (nSPS) is 13.5. The van der Waals surface area contributed by atoms with Gasteiger partial charge in [-0.1, -0.05) is 26.0 Å². The predicted octanol–water partition coefficient (Wildman–Crippen LogP) is 2.92. The van der Waals surface area contributed by atoms with Gasteiger partial charge in [-0.05, 0) is 30.9 Å². The van der Waals surface area contributed by atoms with Crippen LogP contribution in [0.25, 0.3) is 21.8 Å². The van der Waals surface area contributed by atoms with E-state index in [4.69, 9.17) is 5.73 Å². The molecule has 1 amide bonds. The average molecular weight is 440 g/mol. The molecule has 2 aromatic heterocycles. The highest BCUT2D eigenvalue weighted by Gasteiger charge is 2.29. The number of nitrogen functional groups attached to an aromatic ring is 1. The standard InChI is InChI=1S/C22H25N5O3S/c1-12(2)10-27-18(23)17(21(29)26(3)22(27)30)16-11-31-20(25-16)14-5-4-6-15(9-14)24-19(28)13-7-8-13/h4-6,9,11-13H,7-8,10,23H2,1-3H3,(H,24,28). The van der Waals surface area contributed by atoms with E-state index in [0.29, 0.717) is 22.9 Å². The predicted molar refractivity (Wildman–Crippen MR) is 123 cm³/mol. The average Bonchev–Trinajstić information content (AvgIpc) is 3.48. The van der Waals surface area contributed by atoms with Crippen molar-refractivity contribution in [2.45, 2.75) is 33.2 Å². The van der Waals surface area contributed by atoms with E-state index in [1.165, 1.54) is 23.0 Å². The van der Waals surface area contributed by atoms with Crippen LogP contribution < -0.4 is 22.3 Å². The van der Waals surface area contributed by atoms with Crippen LogP contribution in [0.15, 0.2) is 39.2 Å². The highest BCUT2D eigenvalue weighted by molar-refractivity contribution is 7.13. The molecule has 0 spiro atoms. The largest absolute Gasteiger partial charge is 0.384 e. The molecule has 1 saturated carbocycles. The molecule has 0 bridgehead atoms. The molecule has 1 aliphatic rings. The Hall–Kier alpha value is -3.20. The summed E-state index contributed by atoms with van der Waals surface area (Å²) in [7, 11) is 1.45. The second kappa shape index (κ2) is 8.14. The van der Waals surface area contributed by atoms with Crippen molar-refractivity contribution in [1.29, 1.82) is 0 Å². The van der Waals surface area contributed by atoms with Gasteiger partial charge in [0.2, 0.25) is 5.91 Å². The number of anilines is 2. The van der Waals surface area contributed by atoms with Crippen molar-refractivity contribution in [3.05, 3.63) is 50.5 Å². The number of thiazole rings is 1. The Bertz CT molecular complexity index is 1270. The van der Waals surface area contributed by atoms with Gasteiger partial charge in [-0.25, -0.2) is 9.78 Å². The molecule has 1 aliphatic carbocycles. The fourth-order valence-electron chi connectivity index (χ4n) is 3.41. The van der Waals surface area contributed by atoms with Gasteiger partial charge in [-0.2, -0.15) is 0 Å². The number of rotatable bonds is 6. The first kappa shape index (κ1) is 21.0. The molecule has 0 atom stereocenters. The maximum absolute atomic E-state index is 12.8. The van der Waals surface area contributed by atoms with Gasteiger partial charge in [0.1, 0.15) is 16.4 Å². The lowest BCUT2D eigenvalue weighted by molar-refractivity contribution is -0.117. The Labute approximate surface area is 183 Å². The summed E-state index contributed by atoms with van der Waals surface area (Å²) in [6.45, 7) is 4.37. The molecule has 3 aromatic rings. The van der Waals surface area contributed by atoms with Crippen molar-refractivity contribution in [2.24, 2.45) is 18.9 Å². The minimum absolute atomic E-state index is 0.0423. The summed E-state index contributed by atoms with van der Waals surface area (Å²) in [6.07, 6.45) is 1.88. The molecule has 4 rings (SSSR count). The highest BCUT2D eigenvalue weighted by atomic mass is 32.1. The van der Waals surface area contributed by atoms with Crippen LogP contribution >= 0.6 is 11.3 Å². The fourth-order valence-corrected chi connectivity index (χ4v) is 4.21. The maximum Gasteiger partial charge on any atom is 0.332 e. The van der Waals surface area contributed by atoms with E-state index in [2.05, 4.69) is 10.3 Å². The summed E-state index contributed by atoms with van der Waals surface area (Å²) in [6, 6.07) is 7.46. The zero-order chi connectivity index (χ0) is 22.3. The van der Waals surface area contributed by atoms with Gasteiger partial charge in [-0.3, -0.25) is 18.7 Å². The van der Waals surface area contributed by atoms with E-state index in [9.17, 15) is 14.4 Å². The first-order valence-electron chi connectivity index (χ1n) is 10.2. The third-order valence-corrected chi connectivity index (χ3v) is 6.11. The van der Waals surface area contributed by atoms with Crippen molar-refractivity contribution in [2.75, 3.05) is 11.1 Å². The van der Waals surface area contributed by atoms with Crippen molar-refractivity contribution >= 4 is 28.7 Å². The van der Waals surface area contributed by atoms with Gasteiger partial charge in [0, 0.05) is 36.1 Å². The summed E-state index contributed by atoms with van der Waals surface area (Å²) in [5.74, 6) is 0.477. The minimum atomic E-state index is -0.468. The number of carbonyl (C=O) groups is 1. The molecule has 0 aliphatic heterocycles. The van der Waals surface area contributed by atoms with E-state index < -0.39 is 11.2 Å². The molecule has 3 N–H and O–H groups in total. The van der Waals surface area contributed by atoms with Gasteiger partial charge >= 0.3 is 5.69 Å². The summed E-state index contributed by atoms with van der Waals surface area (Å²) in [5.41, 5.74) is 7.56. The monoisotopic (exact) mass is 439 g/mol. The second-order valence-corrected chi connectivity index (χ2v) is 9.15. The number of benzene rings is 1. The third kappa shape index (κ3) is 4.18. The lowest BCUT2D eigenvalue weighted by Crippen LogP contribution is -2.41. The van der Waals surface area contributed by atoms with E-state index in [1.807, 2.05) is 38.1 Å². The van der Waals surface area contributed by atoms with Crippen molar-refractivity contribution < 1.29 is 4.79 Å². The second-order valence-electron chi connectivity index (χ2n) is 8.29. The van der Waals surface area contributed by atoms with Crippen molar-refractivity contribution in [3.8, 4) is 21.8 Å². The van der Waals surface area contributed by atoms with Gasteiger partial charge in [0.05, 0.1) is 5.69 Å². The number of amides is 1. The Morgan fingerprint density at radius 1 is 1.32 bits per heavy atom. The summed E-state index contributed by atoms with van der Waals surface area (Å²) >= 11 is 1.38. The lowest BCUT2D eigenvalue weighted by Gasteiger charge is -2.15. The van der Waals surface area contributed by atoms with Crippen molar-refractivity contribution in [1.82, 2.24) is 14.1 Å². The number of hydrogen-bond acceptors (Lipinski definition) is 6. The minimum Gasteiger partial charge on any atom is -0.384 e. The van der Waals surface area contributed by atoms with Crippen molar-refractivity contribution in [3.63, 3.8) is 0 Å². The van der Waals surface area contributed by atoms with E-state index in [-0.39, 0.29) is 29.1 Å². The van der Waals surface area contributed by atoms with E-state index in [1.54, 1.807) is 5.38 Å². The molecule has 1 fully saturated rings. The van der Waals surface area contributed by atoms with E-state index in [0.717, 1.165) is 23.0 Å². The maximum atomic E-state index is 12.8. The van der Waals surface area contributed by atoms with Gasteiger partial charge in [0.15, 0.2) is 0 Å². The number of nitrogens with one attached hydrogen (secondary N) is 1. The summed E-state index contributed by atoms with van der Waals surface area (Å²) in [5, 5.41) is 5.40. The van der Waals surface area contributed by atoms with Crippen LogP contribution in [0.3, 0.4) is 0 Å². The van der Waals surface area contributed by atoms with Crippen LogP contribution in [0.2, 0.25) is 0 Å². The molecular weight excluding hydrogens is 414 g/mol. The molecule has 162 valence electrons. The zero-order valence-corrected chi connectivity index (χ0v) is 18.5. The molecule has 9 heteroatoms. The van der Waals surface area contributed by atoms with Crippen LogP contribution in [-0.4, -0.2) is 20.0 Å². The Morgan fingerprint density at radius 2 is 2.06 bits per heavy atom. The fraction of sp³-hybridized carbons (Fsp3) is 0.364. The van der Waals surface area contributed by atoms with Crippen LogP contribution in [0, 0.1) is 11.8 Å². The Balaban J connectivity index is 1.71. The molecule has 0 unspecified atom stereocenters.